The lowest BCUT2D eigenvalue weighted by molar-refractivity contribution is 0.528. The predicted molar refractivity (Wildman–Crippen MR) is 84.2 cm³/mol. The molecule has 0 amide bonds. The molecule has 0 saturated carbocycles. The number of rotatable bonds is 6. The second-order valence-corrected chi connectivity index (χ2v) is 5.85. The molecule has 2 nitrogen and oxygen atoms in total. The fraction of sp³-hybridized carbons (Fsp3) is 0.533. The van der Waals surface area contributed by atoms with Crippen LogP contribution in [0.2, 0.25) is 0 Å². The van der Waals surface area contributed by atoms with Crippen LogP contribution in [0.25, 0.3) is 0 Å². The minimum atomic E-state index is 0.465. The molecule has 18 heavy (non-hydrogen) atoms. The van der Waals surface area contributed by atoms with Crippen molar-refractivity contribution in [3.05, 3.63) is 29.3 Å². The van der Waals surface area contributed by atoms with E-state index >= 15 is 0 Å². The molecule has 100 valence electrons. The highest BCUT2D eigenvalue weighted by Gasteiger charge is 2.06. The molecule has 1 atom stereocenters. The highest BCUT2D eigenvalue weighted by molar-refractivity contribution is 7.80. The SMILES string of the molecule is Cc1cc(NC(C)CCC(C)C)ccc1C(N)=S. The van der Waals surface area contributed by atoms with Crippen molar-refractivity contribution in [1.82, 2.24) is 0 Å². The molecule has 3 N–H and O–H groups in total. The van der Waals surface area contributed by atoms with Crippen molar-refractivity contribution < 1.29 is 0 Å². The van der Waals surface area contributed by atoms with Crippen LogP contribution in [0.4, 0.5) is 5.69 Å². The fourth-order valence-electron chi connectivity index (χ4n) is 1.97. The number of aryl methyl sites for hydroxylation is 1. The standard InChI is InChI=1S/C15H24N2S/c1-10(2)5-6-12(4)17-13-7-8-14(15(16)18)11(3)9-13/h7-10,12,17H,5-6H2,1-4H3,(H2,16,18). The first-order chi connectivity index (χ1) is 8.40. The lowest BCUT2D eigenvalue weighted by Gasteiger charge is -2.17. The predicted octanol–water partition coefficient (Wildman–Crippen LogP) is 3.87. The van der Waals surface area contributed by atoms with Gasteiger partial charge in [-0.15, -0.1) is 0 Å². The first-order valence-electron chi connectivity index (χ1n) is 6.57. The molecule has 1 aromatic rings. The molecule has 0 aliphatic rings. The Hall–Kier alpha value is -1.09. The van der Waals surface area contributed by atoms with Gasteiger partial charge in [0.25, 0.3) is 0 Å². The molecule has 0 aromatic heterocycles. The number of nitrogens with one attached hydrogen (secondary N) is 1. The summed E-state index contributed by atoms with van der Waals surface area (Å²) in [5.41, 5.74) is 8.89. The van der Waals surface area contributed by atoms with Gasteiger partial charge in [0, 0.05) is 17.3 Å². The van der Waals surface area contributed by atoms with Gasteiger partial charge in [-0.05, 0) is 56.4 Å². The second kappa shape index (κ2) is 6.74. The summed E-state index contributed by atoms with van der Waals surface area (Å²) in [6.45, 7) is 8.78. The van der Waals surface area contributed by atoms with Gasteiger partial charge >= 0.3 is 0 Å². The van der Waals surface area contributed by atoms with Crippen LogP contribution in [0.3, 0.4) is 0 Å². The van der Waals surface area contributed by atoms with E-state index in [1.165, 1.54) is 12.8 Å². The van der Waals surface area contributed by atoms with E-state index in [-0.39, 0.29) is 0 Å². The molecule has 0 fully saturated rings. The van der Waals surface area contributed by atoms with E-state index in [1.807, 2.05) is 19.1 Å². The Balaban J connectivity index is 2.63. The molecular formula is C15H24N2S. The first kappa shape index (κ1) is 15.0. The van der Waals surface area contributed by atoms with Crippen molar-refractivity contribution >= 4 is 22.9 Å². The third-order valence-corrected chi connectivity index (χ3v) is 3.30. The number of anilines is 1. The van der Waals surface area contributed by atoms with Gasteiger partial charge in [0.15, 0.2) is 0 Å². The van der Waals surface area contributed by atoms with Crippen LogP contribution in [-0.2, 0) is 0 Å². The van der Waals surface area contributed by atoms with Crippen LogP contribution in [0.5, 0.6) is 0 Å². The summed E-state index contributed by atoms with van der Waals surface area (Å²) >= 11 is 5.01. The Kier molecular flexibility index (Phi) is 5.60. The average molecular weight is 264 g/mol. The molecule has 3 heteroatoms. The zero-order valence-corrected chi connectivity index (χ0v) is 12.6. The Bertz CT molecular complexity index is 413. The maximum atomic E-state index is 5.66. The van der Waals surface area contributed by atoms with Crippen molar-refractivity contribution in [2.75, 3.05) is 5.32 Å². The first-order valence-corrected chi connectivity index (χ1v) is 6.98. The number of benzene rings is 1. The summed E-state index contributed by atoms with van der Waals surface area (Å²) in [7, 11) is 0. The summed E-state index contributed by atoms with van der Waals surface area (Å²) < 4.78 is 0. The number of thiocarbonyl (C=S) groups is 1. The second-order valence-electron chi connectivity index (χ2n) is 5.41. The average Bonchev–Trinajstić information content (AvgIpc) is 2.26. The Morgan fingerprint density at radius 3 is 2.44 bits per heavy atom. The van der Waals surface area contributed by atoms with E-state index < -0.39 is 0 Å². The highest BCUT2D eigenvalue weighted by Crippen LogP contribution is 2.17. The minimum Gasteiger partial charge on any atom is -0.389 e. The van der Waals surface area contributed by atoms with Crippen LogP contribution in [0, 0.1) is 12.8 Å². The van der Waals surface area contributed by atoms with Crippen molar-refractivity contribution in [3.8, 4) is 0 Å². The van der Waals surface area contributed by atoms with Crippen LogP contribution >= 0.6 is 12.2 Å². The quantitative estimate of drug-likeness (QED) is 0.766. The minimum absolute atomic E-state index is 0.465. The summed E-state index contributed by atoms with van der Waals surface area (Å²) in [5.74, 6) is 0.757. The van der Waals surface area contributed by atoms with Gasteiger partial charge < -0.3 is 11.1 Å². The maximum absolute atomic E-state index is 5.66. The fourth-order valence-corrected chi connectivity index (χ4v) is 2.20. The largest absolute Gasteiger partial charge is 0.389 e. The van der Waals surface area contributed by atoms with E-state index in [0.29, 0.717) is 11.0 Å². The van der Waals surface area contributed by atoms with Crippen molar-refractivity contribution in [2.24, 2.45) is 11.7 Å². The van der Waals surface area contributed by atoms with Gasteiger partial charge in [0.1, 0.15) is 4.99 Å². The number of nitrogens with two attached hydrogens (primary N) is 1. The molecule has 1 unspecified atom stereocenters. The van der Waals surface area contributed by atoms with Crippen molar-refractivity contribution in [1.29, 1.82) is 0 Å². The number of hydrogen-bond acceptors (Lipinski definition) is 2. The van der Waals surface area contributed by atoms with Crippen LogP contribution in [0.1, 0.15) is 44.7 Å². The van der Waals surface area contributed by atoms with Crippen LogP contribution in [0.15, 0.2) is 18.2 Å². The third kappa shape index (κ3) is 4.65. The Morgan fingerprint density at radius 1 is 1.28 bits per heavy atom. The molecule has 0 aliphatic carbocycles. The van der Waals surface area contributed by atoms with Crippen LogP contribution < -0.4 is 11.1 Å². The van der Waals surface area contributed by atoms with E-state index in [1.54, 1.807) is 0 Å². The topological polar surface area (TPSA) is 38.0 Å². The normalized spacial score (nSPS) is 12.5. The summed E-state index contributed by atoms with van der Waals surface area (Å²) in [5, 5.41) is 3.52. The van der Waals surface area contributed by atoms with E-state index in [2.05, 4.69) is 32.2 Å². The highest BCUT2D eigenvalue weighted by atomic mass is 32.1. The molecule has 1 rings (SSSR count). The molecule has 0 spiro atoms. The maximum Gasteiger partial charge on any atom is 0.104 e. The molecule has 0 radical (unpaired) electrons. The smallest absolute Gasteiger partial charge is 0.104 e. The molecule has 0 bridgehead atoms. The molecule has 0 heterocycles. The van der Waals surface area contributed by atoms with E-state index in [9.17, 15) is 0 Å². The van der Waals surface area contributed by atoms with Crippen molar-refractivity contribution in [3.63, 3.8) is 0 Å². The molecular weight excluding hydrogens is 240 g/mol. The van der Waals surface area contributed by atoms with E-state index in [4.69, 9.17) is 18.0 Å². The van der Waals surface area contributed by atoms with Crippen LogP contribution in [-0.4, -0.2) is 11.0 Å². The summed E-state index contributed by atoms with van der Waals surface area (Å²) in [6.07, 6.45) is 2.44. The zero-order valence-electron chi connectivity index (χ0n) is 11.8. The Labute approximate surface area is 116 Å². The lowest BCUT2D eigenvalue weighted by atomic mass is 10.0. The van der Waals surface area contributed by atoms with Gasteiger partial charge in [-0.3, -0.25) is 0 Å². The van der Waals surface area contributed by atoms with Crippen molar-refractivity contribution in [2.45, 2.75) is 46.6 Å². The molecule has 0 saturated heterocycles. The molecule has 1 aromatic carbocycles. The number of hydrogen-bond donors (Lipinski definition) is 2. The zero-order chi connectivity index (χ0) is 13.7. The van der Waals surface area contributed by atoms with Gasteiger partial charge in [-0.1, -0.05) is 26.1 Å². The summed E-state index contributed by atoms with van der Waals surface area (Å²) in [6, 6.07) is 6.64. The monoisotopic (exact) mass is 264 g/mol. The lowest BCUT2D eigenvalue weighted by Crippen LogP contribution is -2.16. The summed E-state index contributed by atoms with van der Waals surface area (Å²) in [4.78, 5) is 0.465. The van der Waals surface area contributed by atoms with E-state index in [0.717, 1.165) is 22.7 Å². The van der Waals surface area contributed by atoms with Gasteiger partial charge in [0.05, 0.1) is 0 Å². The van der Waals surface area contributed by atoms with Gasteiger partial charge in [-0.25, -0.2) is 0 Å². The van der Waals surface area contributed by atoms with Gasteiger partial charge in [-0.2, -0.15) is 0 Å². The molecule has 0 aliphatic heterocycles. The third-order valence-electron chi connectivity index (χ3n) is 3.08. The van der Waals surface area contributed by atoms with Gasteiger partial charge in [0.2, 0.25) is 0 Å². The Morgan fingerprint density at radius 2 is 1.94 bits per heavy atom.